The van der Waals surface area contributed by atoms with E-state index in [1.165, 1.54) is 0 Å². The first-order chi connectivity index (χ1) is 10.2. The van der Waals surface area contributed by atoms with Crippen LogP contribution in [0.2, 0.25) is 0 Å². The largest absolute Gasteiger partial charge is 0.481 e. The molecule has 0 saturated heterocycles. The normalized spacial score (nSPS) is 13.8. The van der Waals surface area contributed by atoms with Crippen LogP contribution < -0.4 is 5.32 Å². The van der Waals surface area contributed by atoms with E-state index < -0.39 is 11.9 Å². The van der Waals surface area contributed by atoms with E-state index in [2.05, 4.69) is 12.2 Å². The summed E-state index contributed by atoms with van der Waals surface area (Å²) in [5.74, 6) is -0.356. The number of aliphatic carboxylic acids is 1. The molecule has 0 amide bonds. The summed E-state index contributed by atoms with van der Waals surface area (Å²) in [5.41, 5.74) is 0.829. The lowest BCUT2D eigenvalue weighted by Gasteiger charge is -2.18. The average Bonchev–Trinajstić information content (AvgIpc) is 2.99. The van der Waals surface area contributed by atoms with E-state index in [1.54, 1.807) is 6.26 Å². The number of rotatable bonds is 8. The first kappa shape index (κ1) is 15.3. The third-order valence-electron chi connectivity index (χ3n) is 3.57. The second-order valence-electron chi connectivity index (χ2n) is 5.23. The van der Waals surface area contributed by atoms with Crippen LogP contribution in [0.5, 0.6) is 0 Å². The van der Waals surface area contributed by atoms with Gasteiger partial charge in [0.1, 0.15) is 5.76 Å². The molecule has 2 atom stereocenters. The Bertz CT molecular complexity index is 536. The number of benzene rings is 1. The molecule has 1 aromatic heterocycles. The van der Waals surface area contributed by atoms with Crippen LogP contribution in [0.1, 0.15) is 30.6 Å². The molecule has 0 bridgehead atoms. The smallest absolute Gasteiger partial charge is 0.312 e. The lowest BCUT2D eigenvalue weighted by Crippen LogP contribution is -2.33. The summed E-state index contributed by atoms with van der Waals surface area (Å²) in [5, 5.41) is 12.7. The van der Waals surface area contributed by atoms with Crippen LogP contribution in [-0.4, -0.2) is 23.7 Å². The van der Waals surface area contributed by atoms with Crippen molar-refractivity contribution in [2.75, 3.05) is 6.54 Å². The van der Waals surface area contributed by atoms with Gasteiger partial charge in [-0.05, 0) is 31.0 Å². The van der Waals surface area contributed by atoms with E-state index in [-0.39, 0.29) is 6.04 Å². The second kappa shape index (κ2) is 7.64. The Morgan fingerprint density at radius 1 is 1.24 bits per heavy atom. The number of furan rings is 1. The minimum Gasteiger partial charge on any atom is -0.481 e. The monoisotopic (exact) mass is 287 g/mol. The summed E-state index contributed by atoms with van der Waals surface area (Å²) >= 11 is 0. The lowest BCUT2D eigenvalue weighted by molar-refractivity contribution is -0.138. The van der Waals surface area contributed by atoms with Crippen molar-refractivity contribution >= 4 is 5.97 Å². The average molecular weight is 287 g/mol. The van der Waals surface area contributed by atoms with Crippen LogP contribution in [0, 0.1) is 0 Å². The number of nitrogens with one attached hydrogen (secondary N) is 1. The number of hydrogen-bond acceptors (Lipinski definition) is 3. The van der Waals surface area contributed by atoms with E-state index in [0.717, 1.165) is 24.2 Å². The molecule has 2 unspecified atom stereocenters. The van der Waals surface area contributed by atoms with Crippen molar-refractivity contribution in [1.82, 2.24) is 5.32 Å². The molecule has 21 heavy (non-hydrogen) atoms. The van der Waals surface area contributed by atoms with Gasteiger partial charge in [0.05, 0.1) is 12.2 Å². The van der Waals surface area contributed by atoms with Crippen LogP contribution in [0.3, 0.4) is 0 Å². The number of hydrogen-bond donors (Lipinski definition) is 2. The molecule has 1 aromatic carbocycles. The Balaban J connectivity index is 1.83. The first-order valence-corrected chi connectivity index (χ1v) is 7.20. The standard InChI is InChI=1S/C17H21NO3/c1-13(9-10-15-8-5-11-21-15)18-12-16(17(19)20)14-6-3-2-4-7-14/h2-8,11,13,16,18H,9-10,12H2,1H3,(H,19,20). The summed E-state index contributed by atoms with van der Waals surface area (Å²) in [6.07, 6.45) is 3.43. The van der Waals surface area contributed by atoms with Crippen LogP contribution in [0.25, 0.3) is 0 Å². The quantitative estimate of drug-likeness (QED) is 0.783. The highest BCUT2D eigenvalue weighted by atomic mass is 16.4. The predicted octanol–water partition coefficient (Wildman–Crippen LogP) is 3.06. The summed E-state index contributed by atoms with van der Waals surface area (Å²) in [6.45, 7) is 2.49. The molecule has 4 nitrogen and oxygen atoms in total. The fourth-order valence-corrected chi connectivity index (χ4v) is 2.27. The van der Waals surface area contributed by atoms with Crippen molar-refractivity contribution in [3.05, 3.63) is 60.1 Å². The number of carboxylic acid groups (broad SMARTS) is 1. The molecular weight excluding hydrogens is 266 g/mol. The fourth-order valence-electron chi connectivity index (χ4n) is 2.27. The zero-order chi connectivity index (χ0) is 15.1. The molecule has 0 fully saturated rings. The van der Waals surface area contributed by atoms with Gasteiger partial charge in [-0.1, -0.05) is 30.3 Å². The third kappa shape index (κ3) is 4.76. The maximum Gasteiger partial charge on any atom is 0.312 e. The SMILES string of the molecule is CC(CCc1ccco1)NCC(C(=O)O)c1ccccc1. The highest BCUT2D eigenvalue weighted by molar-refractivity contribution is 5.76. The van der Waals surface area contributed by atoms with Crippen LogP contribution in [0.15, 0.2) is 53.1 Å². The van der Waals surface area contributed by atoms with Gasteiger partial charge in [-0.2, -0.15) is 0 Å². The van der Waals surface area contributed by atoms with Gasteiger partial charge < -0.3 is 14.8 Å². The highest BCUT2D eigenvalue weighted by Gasteiger charge is 2.20. The molecular formula is C17H21NO3. The third-order valence-corrected chi connectivity index (χ3v) is 3.57. The Morgan fingerprint density at radius 2 is 2.00 bits per heavy atom. The molecule has 0 spiro atoms. The van der Waals surface area contributed by atoms with Gasteiger partial charge >= 0.3 is 5.97 Å². The highest BCUT2D eigenvalue weighted by Crippen LogP contribution is 2.15. The molecule has 2 rings (SSSR count). The summed E-state index contributed by atoms with van der Waals surface area (Å²) in [4.78, 5) is 11.4. The lowest BCUT2D eigenvalue weighted by atomic mass is 9.99. The zero-order valence-electron chi connectivity index (χ0n) is 12.2. The topological polar surface area (TPSA) is 62.5 Å². The maximum atomic E-state index is 11.4. The van der Waals surface area contributed by atoms with Gasteiger partial charge in [-0.3, -0.25) is 4.79 Å². The Hall–Kier alpha value is -2.07. The van der Waals surface area contributed by atoms with Crippen molar-refractivity contribution in [3.8, 4) is 0 Å². The zero-order valence-corrected chi connectivity index (χ0v) is 12.2. The van der Waals surface area contributed by atoms with Gasteiger partial charge in [0.25, 0.3) is 0 Å². The molecule has 0 aliphatic rings. The summed E-state index contributed by atoms with van der Waals surface area (Å²) in [7, 11) is 0. The van der Waals surface area contributed by atoms with Crippen LogP contribution in [-0.2, 0) is 11.2 Å². The van der Waals surface area contributed by atoms with Gasteiger partial charge in [0.2, 0.25) is 0 Å². The Morgan fingerprint density at radius 3 is 2.62 bits per heavy atom. The first-order valence-electron chi connectivity index (χ1n) is 7.20. The van der Waals surface area contributed by atoms with E-state index in [4.69, 9.17) is 4.42 Å². The van der Waals surface area contributed by atoms with Gasteiger partial charge in [0.15, 0.2) is 0 Å². The van der Waals surface area contributed by atoms with Gasteiger partial charge in [-0.25, -0.2) is 0 Å². The van der Waals surface area contributed by atoms with Crippen molar-refractivity contribution < 1.29 is 14.3 Å². The summed E-state index contributed by atoms with van der Waals surface area (Å²) in [6, 6.07) is 13.4. The van der Waals surface area contributed by atoms with E-state index >= 15 is 0 Å². The predicted molar refractivity (Wildman–Crippen MR) is 81.3 cm³/mol. The summed E-state index contributed by atoms with van der Waals surface area (Å²) < 4.78 is 5.30. The molecule has 112 valence electrons. The minimum absolute atomic E-state index is 0.237. The molecule has 2 aromatic rings. The van der Waals surface area contributed by atoms with Crippen molar-refractivity contribution in [1.29, 1.82) is 0 Å². The molecule has 0 aliphatic carbocycles. The Labute approximate surface area is 124 Å². The molecule has 2 N–H and O–H groups in total. The van der Waals surface area contributed by atoms with E-state index in [1.807, 2.05) is 42.5 Å². The van der Waals surface area contributed by atoms with E-state index in [9.17, 15) is 9.90 Å². The molecule has 4 heteroatoms. The van der Waals surface area contributed by atoms with E-state index in [0.29, 0.717) is 6.54 Å². The molecule has 1 heterocycles. The number of carbonyl (C=O) groups is 1. The number of aryl methyl sites for hydroxylation is 1. The molecule has 0 saturated carbocycles. The molecule has 0 aliphatic heterocycles. The fraction of sp³-hybridized carbons (Fsp3) is 0.353. The van der Waals surface area contributed by atoms with Crippen molar-refractivity contribution in [2.24, 2.45) is 0 Å². The van der Waals surface area contributed by atoms with Crippen LogP contribution in [0.4, 0.5) is 0 Å². The number of carboxylic acids is 1. The second-order valence-corrected chi connectivity index (χ2v) is 5.23. The van der Waals surface area contributed by atoms with Gasteiger partial charge in [-0.15, -0.1) is 0 Å². The Kier molecular flexibility index (Phi) is 5.58. The molecule has 0 radical (unpaired) electrons. The van der Waals surface area contributed by atoms with Gasteiger partial charge in [0, 0.05) is 19.0 Å². The van der Waals surface area contributed by atoms with Crippen LogP contribution >= 0.6 is 0 Å². The van der Waals surface area contributed by atoms with Crippen molar-refractivity contribution in [3.63, 3.8) is 0 Å². The van der Waals surface area contributed by atoms with Crippen molar-refractivity contribution in [2.45, 2.75) is 31.7 Å². The maximum absolute atomic E-state index is 11.4. The minimum atomic E-state index is -0.799.